The van der Waals surface area contributed by atoms with Crippen LogP contribution in [0.2, 0.25) is 0 Å². The van der Waals surface area contributed by atoms with E-state index in [1.165, 1.54) is 19.3 Å². The molecular formula is C20H28O4. The van der Waals surface area contributed by atoms with Gasteiger partial charge in [-0.25, -0.2) is 9.59 Å². The zero-order chi connectivity index (χ0) is 17.4. The minimum Gasteiger partial charge on any atom is -0.462 e. The second-order valence-corrected chi connectivity index (χ2v) is 8.08. The van der Waals surface area contributed by atoms with E-state index in [2.05, 4.69) is 13.2 Å². The van der Waals surface area contributed by atoms with Crippen LogP contribution in [0.1, 0.15) is 39.5 Å². The molecule has 0 amide bonds. The fourth-order valence-corrected chi connectivity index (χ4v) is 5.28. The number of carbonyl (C=O) groups is 2. The van der Waals surface area contributed by atoms with Crippen LogP contribution in [0.15, 0.2) is 24.3 Å². The average Bonchev–Trinajstić information content (AvgIpc) is 3.20. The first-order chi connectivity index (χ1) is 11.4. The van der Waals surface area contributed by atoms with Crippen molar-refractivity contribution in [2.24, 2.45) is 35.5 Å². The summed E-state index contributed by atoms with van der Waals surface area (Å²) in [7, 11) is 0. The first-order valence-corrected chi connectivity index (χ1v) is 9.02. The van der Waals surface area contributed by atoms with Crippen molar-refractivity contribution in [1.29, 1.82) is 0 Å². The van der Waals surface area contributed by atoms with E-state index in [1.54, 1.807) is 13.8 Å². The molecular weight excluding hydrogens is 304 g/mol. The quantitative estimate of drug-likeness (QED) is 0.551. The van der Waals surface area contributed by atoms with Gasteiger partial charge in [-0.15, -0.1) is 0 Å². The molecule has 0 aromatic carbocycles. The summed E-state index contributed by atoms with van der Waals surface area (Å²) in [6.07, 6.45) is 4.77. The Morgan fingerprint density at radius 3 is 2.04 bits per heavy atom. The summed E-state index contributed by atoms with van der Waals surface area (Å²) in [5.74, 6) is 3.34. The van der Waals surface area contributed by atoms with Crippen LogP contribution >= 0.6 is 0 Å². The van der Waals surface area contributed by atoms with E-state index in [-0.39, 0.29) is 11.9 Å². The number of rotatable bonds is 6. The van der Waals surface area contributed by atoms with Gasteiger partial charge in [-0.1, -0.05) is 13.2 Å². The number of hydrogen-bond acceptors (Lipinski definition) is 4. The van der Waals surface area contributed by atoms with Gasteiger partial charge in [-0.2, -0.15) is 0 Å². The molecule has 0 spiro atoms. The molecule has 4 nitrogen and oxygen atoms in total. The van der Waals surface area contributed by atoms with Gasteiger partial charge in [-0.3, -0.25) is 0 Å². The van der Waals surface area contributed by atoms with Crippen LogP contribution in [-0.4, -0.2) is 25.2 Å². The Morgan fingerprint density at radius 1 is 0.833 bits per heavy atom. The van der Waals surface area contributed by atoms with Crippen LogP contribution in [0.3, 0.4) is 0 Å². The average molecular weight is 332 g/mol. The molecule has 3 rings (SSSR count). The van der Waals surface area contributed by atoms with Gasteiger partial charge in [0.25, 0.3) is 0 Å². The molecule has 4 heteroatoms. The van der Waals surface area contributed by atoms with Crippen molar-refractivity contribution in [2.45, 2.75) is 39.5 Å². The minimum absolute atomic E-state index is 0.273. The molecule has 0 aromatic rings. The predicted molar refractivity (Wildman–Crippen MR) is 91.0 cm³/mol. The third-order valence-electron chi connectivity index (χ3n) is 6.28. The summed E-state index contributed by atoms with van der Waals surface area (Å²) >= 11 is 0. The molecule has 6 atom stereocenters. The van der Waals surface area contributed by atoms with Crippen molar-refractivity contribution >= 4 is 11.9 Å². The van der Waals surface area contributed by atoms with Gasteiger partial charge >= 0.3 is 11.9 Å². The van der Waals surface area contributed by atoms with Crippen LogP contribution in [0.5, 0.6) is 0 Å². The van der Waals surface area contributed by atoms with Crippen molar-refractivity contribution in [3.05, 3.63) is 24.3 Å². The van der Waals surface area contributed by atoms with E-state index in [9.17, 15) is 9.59 Å². The Labute approximate surface area is 144 Å². The van der Waals surface area contributed by atoms with Gasteiger partial charge in [0.1, 0.15) is 0 Å². The summed E-state index contributed by atoms with van der Waals surface area (Å²) in [6.45, 7) is 11.7. The Hall–Kier alpha value is -1.58. The van der Waals surface area contributed by atoms with Gasteiger partial charge in [0.2, 0.25) is 0 Å². The number of carbonyl (C=O) groups excluding carboxylic acids is 2. The monoisotopic (exact) mass is 332 g/mol. The molecule has 132 valence electrons. The molecule has 0 radical (unpaired) electrons. The lowest BCUT2D eigenvalue weighted by Crippen LogP contribution is -2.28. The number of fused-ring (bicyclic) bond motifs is 5. The molecule has 3 fully saturated rings. The van der Waals surface area contributed by atoms with Crippen LogP contribution in [0, 0.1) is 35.5 Å². The second kappa shape index (κ2) is 6.73. The molecule has 3 aliphatic carbocycles. The highest BCUT2D eigenvalue weighted by molar-refractivity contribution is 5.87. The molecule has 3 aliphatic rings. The predicted octanol–water partition coefficient (Wildman–Crippen LogP) is 3.52. The lowest BCUT2D eigenvalue weighted by atomic mass is 9.76. The van der Waals surface area contributed by atoms with E-state index in [0.717, 1.165) is 18.3 Å². The van der Waals surface area contributed by atoms with Crippen molar-refractivity contribution in [2.75, 3.05) is 13.2 Å². The number of esters is 2. The van der Waals surface area contributed by atoms with Crippen LogP contribution < -0.4 is 0 Å². The zero-order valence-electron chi connectivity index (χ0n) is 14.8. The highest BCUT2D eigenvalue weighted by Crippen LogP contribution is 2.62. The largest absolute Gasteiger partial charge is 0.462 e. The summed E-state index contributed by atoms with van der Waals surface area (Å²) in [6, 6.07) is 0. The maximum absolute atomic E-state index is 11.6. The summed E-state index contributed by atoms with van der Waals surface area (Å²) < 4.78 is 10.8. The Kier molecular flexibility index (Phi) is 4.84. The van der Waals surface area contributed by atoms with E-state index in [1.807, 2.05) is 0 Å². The second-order valence-electron chi connectivity index (χ2n) is 8.08. The summed E-state index contributed by atoms with van der Waals surface area (Å²) in [4.78, 5) is 23.2. The highest BCUT2D eigenvalue weighted by Gasteiger charge is 2.56. The smallest absolute Gasteiger partial charge is 0.333 e. The van der Waals surface area contributed by atoms with Gasteiger partial charge < -0.3 is 9.47 Å². The van der Waals surface area contributed by atoms with E-state index < -0.39 is 0 Å². The molecule has 0 saturated heterocycles. The molecule has 24 heavy (non-hydrogen) atoms. The minimum atomic E-state index is -0.278. The zero-order valence-corrected chi connectivity index (χ0v) is 14.8. The van der Waals surface area contributed by atoms with Crippen molar-refractivity contribution < 1.29 is 19.1 Å². The standard InChI is InChI=1S/C20H28O4/c1-11(2)19(21)23-9-13-5-16-14-7-15(10-24-20(22)12(3)4)17(8-14)18(16)6-13/h13-18H,1,3,5-10H2,2,4H3. The van der Waals surface area contributed by atoms with Gasteiger partial charge in [0.05, 0.1) is 13.2 Å². The van der Waals surface area contributed by atoms with Gasteiger partial charge in [-0.05, 0) is 75.0 Å². The highest BCUT2D eigenvalue weighted by atomic mass is 16.5. The molecule has 0 aromatic heterocycles. The Balaban J connectivity index is 1.50. The van der Waals surface area contributed by atoms with Gasteiger partial charge in [0.15, 0.2) is 0 Å². The molecule has 0 N–H and O–H groups in total. The topological polar surface area (TPSA) is 52.6 Å². The number of hydrogen-bond donors (Lipinski definition) is 0. The molecule has 0 heterocycles. The first kappa shape index (κ1) is 17.2. The lowest BCUT2D eigenvalue weighted by Gasteiger charge is -2.31. The van der Waals surface area contributed by atoms with Gasteiger partial charge in [0, 0.05) is 11.1 Å². The lowest BCUT2D eigenvalue weighted by molar-refractivity contribution is -0.141. The SMILES string of the molecule is C=C(C)C(=O)OCC1CC2C3CC(COC(=O)C(=C)C)C(C3)C2C1. The maximum Gasteiger partial charge on any atom is 0.333 e. The molecule has 3 saturated carbocycles. The third-order valence-corrected chi connectivity index (χ3v) is 6.28. The van der Waals surface area contributed by atoms with Crippen LogP contribution in [-0.2, 0) is 19.1 Å². The van der Waals surface area contributed by atoms with Crippen molar-refractivity contribution in [1.82, 2.24) is 0 Å². The molecule has 6 unspecified atom stereocenters. The van der Waals surface area contributed by atoms with Crippen LogP contribution in [0.4, 0.5) is 0 Å². The maximum atomic E-state index is 11.6. The first-order valence-electron chi connectivity index (χ1n) is 9.02. The Bertz CT molecular complexity index is 564. The van der Waals surface area contributed by atoms with E-state index >= 15 is 0 Å². The third kappa shape index (κ3) is 3.28. The number of ether oxygens (including phenoxy) is 2. The summed E-state index contributed by atoms with van der Waals surface area (Å²) in [5.41, 5.74) is 0.934. The van der Waals surface area contributed by atoms with E-state index in [0.29, 0.717) is 48.0 Å². The Morgan fingerprint density at radius 2 is 1.42 bits per heavy atom. The fraction of sp³-hybridized carbons (Fsp3) is 0.700. The fourth-order valence-electron chi connectivity index (χ4n) is 5.28. The van der Waals surface area contributed by atoms with Crippen molar-refractivity contribution in [3.8, 4) is 0 Å². The summed E-state index contributed by atoms with van der Waals surface area (Å²) in [5, 5.41) is 0. The van der Waals surface area contributed by atoms with Crippen LogP contribution in [0.25, 0.3) is 0 Å². The molecule has 2 bridgehead atoms. The van der Waals surface area contributed by atoms with Crippen molar-refractivity contribution in [3.63, 3.8) is 0 Å². The normalized spacial score (nSPS) is 36.2. The molecule has 0 aliphatic heterocycles. The van der Waals surface area contributed by atoms with E-state index in [4.69, 9.17) is 9.47 Å².